The largest absolute Gasteiger partial charge is 0.493 e. The smallest absolute Gasteiger partial charge is 0.348 e. The van der Waals surface area contributed by atoms with Gasteiger partial charge in [0.05, 0.1) is 20.1 Å². The number of rotatable bonds is 14. The Morgan fingerprint density at radius 1 is 0.978 bits per heavy atom. The topological polar surface area (TPSA) is 149 Å². The lowest BCUT2D eigenvalue weighted by atomic mass is 9.80. The van der Waals surface area contributed by atoms with Gasteiger partial charge in [-0.25, -0.2) is 9.59 Å². The zero-order valence-electron chi connectivity index (χ0n) is 26.3. The summed E-state index contributed by atoms with van der Waals surface area (Å²) in [6.07, 6.45) is 5.51. The van der Waals surface area contributed by atoms with E-state index in [9.17, 15) is 19.2 Å². The minimum atomic E-state index is -1.71. The van der Waals surface area contributed by atoms with Gasteiger partial charge in [0.15, 0.2) is 18.1 Å². The molecule has 1 heterocycles. The van der Waals surface area contributed by atoms with E-state index in [1.165, 1.54) is 6.92 Å². The number of ketones is 1. The summed E-state index contributed by atoms with van der Waals surface area (Å²) in [6, 6.07) is 12.3. The number of amides is 1. The van der Waals surface area contributed by atoms with E-state index < -0.39 is 36.2 Å². The molecule has 0 bridgehead atoms. The van der Waals surface area contributed by atoms with Crippen LogP contribution in [0.5, 0.6) is 17.2 Å². The van der Waals surface area contributed by atoms with Crippen LogP contribution in [0.15, 0.2) is 42.5 Å². The quantitative estimate of drug-likeness (QED) is 0.259. The van der Waals surface area contributed by atoms with Crippen LogP contribution in [-0.4, -0.2) is 61.8 Å². The number of benzene rings is 2. The Bertz CT molecular complexity index is 1360. The predicted octanol–water partition coefficient (Wildman–Crippen LogP) is 4.37. The Morgan fingerprint density at radius 3 is 2.42 bits per heavy atom. The molecule has 0 aromatic heterocycles. The number of piperidine rings is 1. The molecule has 4 rings (SSSR count). The van der Waals surface area contributed by atoms with Crippen LogP contribution in [0.2, 0.25) is 0 Å². The fourth-order valence-corrected chi connectivity index (χ4v) is 6.30. The summed E-state index contributed by atoms with van der Waals surface area (Å²) < 4.78 is 22.5. The molecule has 3 atom stereocenters. The minimum Gasteiger partial charge on any atom is -0.493 e. The maximum Gasteiger partial charge on any atom is 0.348 e. The molecule has 2 aliphatic rings. The third-order valence-electron chi connectivity index (χ3n) is 8.69. The Labute approximate surface area is 263 Å². The Kier molecular flexibility index (Phi) is 11.8. The van der Waals surface area contributed by atoms with Gasteiger partial charge in [0.25, 0.3) is 0 Å². The van der Waals surface area contributed by atoms with Crippen molar-refractivity contribution >= 4 is 23.6 Å². The molecular weight excluding hydrogens is 580 g/mol. The molecule has 1 amide bonds. The van der Waals surface area contributed by atoms with E-state index in [1.807, 2.05) is 12.1 Å². The summed E-state index contributed by atoms with van der Waals surface area (Å²) in [5.41, 5.74) is -0.224. The molecule has 2 aromatic rings. The number of Topliss-reactive ketones (excluding diaryl/α,β-unsaturated/α-hetero) is 1. The number of esters is 1. The highest BCUT2D eigenvalue weighted by molar-refractivity contribution is 5.95. The number of methoxy groups -OCH3 is 2. The second kappa shape index (κ2) is 15.7. The van der Waals surface area contributed by atoms with Crippen molar-refractivity contribution < 1.29 is 43.2 Å². The summed E-state index contributed by atoms with van der Waals surface area (Å²) in [4.78, 5) is 51.9. The van der Waals surface area contributed by atoms with Gasteiger partial charge >= 0.3 is 11.9 Å². The molecular formula is C34H44N2O9. The predicted molar refractivity (Wildman–Crippen MR) is 165 cm³/mol. The highest BCUT2D eigenvalue weighted by Gasteiger charge is 2.53. The number of carbonyl (C=O) groups is 4. The maximum atomic E-state index is 14.3. The number of nitrogens with one attached hydrogen (secondary N) is 2. The van der Waals surface area contributed by atoms with Gasteiger partial charge in [-0.05, 0) is 87.4 Å². The van der Waals surface area contributed by atoms with Crippen LogP contribution >= 0.6 is 0 Å². The van der Waals surface area contributed by atoms with Crippen LogP contribution in [0.25, 0.3) is 0 Å². The van der Waals surface area contributed by atoms with Crippen LogP contribution in [0.4, 0.5) is 0 Å². The van der Waals surface area contributed by atoms with Crippen LogP contribution in [0.3, 0.4) is 0 Å². The van der Waals surface area contributed by atoms with Crippen molar-refractivity contribution in [1.29, 1.82) is 0 Å². The monoisotopic (exact) mass is 624 g/mol. The van der Waals surface area contributed by atoms with Crippen molar-refractivity contribution in [3.05, 3.63) is 53.6 Å². The number of aliphatic carboxylic acids is 1. The van der Waals surface area contributed by atoms with Gasteiger partial charge in [-0.15, -0.1) is 0 Å². The number of aryl methyl sites for hydroxylation is 1. The first-order valence-corrected chi connectivity index (χ1v) is 15.6. The second-order valence-electron chi connectivity index (χ2n) is 11.7. The molecule has 11 heteroatoms. The van der Waals surface area contributed by atoms with Gasteiger partial charge in [0.2, 0.25) is 11.6 Å². The molecule has 1 saturated carbocycles. The first kappa shape index (κ1) is 33.8. The fraction of sp³-hybridized carbons (Fsp3) is 0.529. The average Bonchev–Trinajstić information content (AvgIpc) is 3.05. The molecule has 1 aliphatic heterocycles. The Balaban J connectivity index is 1.66. The first-order valence-electron chi connectivity index (χ1n) is 15.6. The van der Waals surface area contributed by atoms with Gasteiger partial charge in [-0.3, -0.25) is 14.9 Å². The van der Waals surface area contributed by atoms with E-state index in [2.05, 4.69) is 10.6 Å². The standard InChI is InChI=1S/C34H44N2O9/c1-22(37)27-13-8-18-35-34(27,36-32(40)24-9-5-4-6-10-24)33(41)45-28(25-11-7-12-26(20-25)44-21-31(38)39)16-14-23-15-17-29(42-2)30(19-23)43-3/h7,11-12,15,17,19-20,24,27-28,35H,4-6,8-10,13-14,16,18,21H2,1-3H3,(H,36,40)(H,38,39). The lowest BCUT2D eigenvalue weighted by molar-refractivity contribution is -0.169. The summed E-state index contributed by atoms with van der Waals surface area (Å²) >= 11 is 0. The van der Waals surface area contributed by atoms with Gasteiger partial charge in [0, 0.05) is 5.92 Å². The summed E-state index contributed by atoms with van der Waals surface area (Å²) in [5.74, 6) is -1.90. The lowest BCUT2D eigenvalue weighted by Gasteiger charge is -2.43. The third kappa shape index (κ3) is 8.54. The first-order chi connectivity index (χ1) is 21.7. The molecule has 2 fully saturated rings. The Hall–Kier alpha value is -4.12. The third-order valence-corrected chi connectivity index (χ3v) is 8.69. The number of carboxylic acid groups (broad SMARTS) is 1. The highest BCUT2D eigenvalue weighted by atomic mass is 16.5. The number of carbonyl (C=O) groups excluding carboxylic acids is 3. The van der Waals surface area contributed by atoms with Gasteiger partial charge in [0.1, 0.15) is 17.6 Å². The molecule has 244 valence electrons. The summed E-state index contributed by atoms with van der Waals surface area (Å²) in [7, 11) is 3.11. The highest BCUT2D eigenvalue weighted by Crippen LogP contribution is 2.35. The molecule has 0 radical (unpaired) electrons. The number of carboxylic acids is 1. The van der Waals surface area contributed by atoms with Crippen LogP contribution in [0, 0.1) is 11.8 Å². The number of hydrogen-bond acceptors (Lipinski definition) is 9. The van der Waals surface area contributed by atoms with Crippen molar-refractivity contribution in [2.24, 2.45) is 11.8 Å². The van der Waals surface area contributed by atoms with Crippen molar-refractivity contribution in [1.82, 2.24) is 10.6 Å². The lowest BCUT2D eigenvalue weighted by Crippen LogP contribution is -2.72. The molecule has 1 aliphatic carbocycles. The van der Waals surface area contributed by atoms with E-state index in [4.69, 9.17) is 24.1 Å². The fourth-order valence-electron chi connectivity index (χ4n) is 6.30. The van der Waals surface area contributed by atoms with Crippen LogP contribution in [0.1, 0.15) is 75.5 Å². The molecule has 3 unspecified atom stereocenters. The molecule has 45 heavy (non-hydrogen) atoms. The van der Waals surface area contributed by atoms with Crippen LogP contribution < -0.4 is 24.8 Å². The summed E-state index contributed by atoms with van der Waals surface area (Å²) in [6.45, 7) is 1.34. The van der Waals surface area contributed by atoms with E-state index in [0.717, 1.165) is 37.7 Å². The van der Waals surface area contributed by atoms with E-state index in [-0.39, 0.29) is 17.6 Å². The van der Waals surface area contributed by atoms with Gasteiger partial charge in [-0.2, -0.15) is 0 Å². The second-order valence-corrected chi connectivity index (χ2v) is 11.7. The van der Waals surface area contributed by atoms with E-state index in [1.54, 1.807) is 44.6 Å². The summed E-state index contributed by atoms with van der Waals surface area (Å²) in [5, 5.41) is 15.2. The van der Waals surface area contributed by atoms with Gasteiger partial charge < -0.3 is 29.4 Å². The molecule has 0 spiro atoms. The normalized spacial score (nSPS) is 20.8. The minimum absolute atomic E-state index is 0.214. The van der Waals surface area contributed by atoms with Gasteiger partial charge in [-0.1, -0.05) is 37.5 Å². The zero-order valence-corrected chi connectivity index (χ0v) is 26.3. The number of ether oxygens (including phenoxy) is 4. The van der Waals surface area contributed by atoms with Crippen molar-refractivity contribution in [2.75, 3.05) is 27.4 Å². The molecule has 2 aromatic carbocycles. The van der Waals surface area contributed by atoms with Crippen molar-refractivity contribution in [2.45, 2.75) is 76.5 Å². The zero-order chi connectivity index (χ0) is 32.4. The molecule has 11 nitrogen and oxygen atoms in total. The SMILES string of the molecule is COc1ccc(CCC(OC(=O)C2(NC(=O)C3CCCCC3)NCCCC2C(C)=O)c2cccc(OCC(=O)O)c2)cc1OC. The van der Waals surface area contributed by atoms with E-state index >= 15 is 0 Å². The number of hydrogen-bond donors (Lipinski definition) is 3. The van der Waals surface area contributed by atoms with Crippen molar-refractivity contribution in [3.63, 3.8) is 0 Å². The maximum absolute atomic E-state index is 14.3. The Morgan fingerprint density at radius 2 is 1.73 bits per heavy atom. The van der Waals surface area contributed by atoms with E-state index in [0.29, 0.717) is 55.0 Å². The molecule has 3 N–H and O–H groups in total. The van der Waals surface area contributed by atoms with Crippen molar-refractivity contribution in [3.8, 4) is 17.2 Å². The van der Waals surface area contributed by atoms with Crippen LogP contribution in [-0.2, 0) is 30.3 Å². The average molecular weight is 625 g/mol. The molecule has 1 saturated heterocycles.